The number of rotatable bonds is 6. The molecule has 1 aliphatic carbocycles. The van der Waals surface area contributed by atoms with Crippen LogP contribution >= 0.6 is 0 Å². The van der Waals surface area contributed by atoms with E-state index >= 15 is 0 Å². The first-order valence-corrected chi connectivity index (χ1v) is 7.53. The van der Waals surface area contributed by atoms with Gasteiger partial charge in [-0.1, -0.05) is 5.16 Å². The van der Waals surface area contributed by atoms with Gasteiger partial charge >= 0.3 is 5.97 Å². The SMILES string of the molecule is Cc1cc(-c2noc(CCC(=O)NC3(C(=O)O)CC3)n2)ccc1F. The van der Waals surface area contributed by atoms with Gasteiger partial charge in [-0.3, -0.25) is 4.79 Å². The largest absolute Gasteiger partial charge is 0.480 e. The molecule has 1 aromatic carbocycles. The summed E-state index contributed by atoms with van der Waals surface area (Å²) in [5.74, 6) is -1.11. The van der Waals surface area contributed by atoms with Crippen LogP contribution in [0.4, 0.5) is 4.39 Å². The number of carboxylic acids is 1. The molecule has 0 bridgehead atoms. The van der Waals surface area contributed by atoms with Gasteiger partial charge in [0.25, 0.3) is 0 Å². The van der Waals surface area contributed by atoms with E-state index in [1.165, 1.54) is 6.07 Å². The van der Waals surface area contributed by atoms with Gasteiger partial charge in [0, 0.05) is 18.4 Å². The summed E-state index contributed by atoms with van der Waals surface area (Å²) in [6.07, 6.45) is 1.15. The predicted octanol–water partition coefficient (Wildman–Crippen LogP) is 1.85. The fraction of sp³-hybridized carbons (Fsp3) is 0.375. The van der Waals surface area contributed by atoms with Crippen LogP contribution in [0.5, 0.6) is 0 Å². The lowest BCUT2D eigenvalue weighted by molar-refractivity contribution is -0.143. The van der Waals surface area contributed by atoms with Crippen molar-refractivity contribution in [3.63, 3.8) is 0 Å². The summed E-state index contributed by atoms with van der Waals surface area (Å²) in [5.41, 5.74) is 0.000659. The Bertz CT molecular complexity index is 798. The van der Waals surface area contributed by atoms with Crippen molar-refractivity contribution in [3.8, 4) is 11.4 Å². The number of carbonyl (C=O) groups is 2. The molecule has 0 spiro atoms. The topological polar surface area (TPSA) is 105 Å². The Labute approximate surface area is 136 Å². The average Bonchev–Trinajstić information content (AvgIpc) is 3.17. The van der Waals surface area contributed by atoms with E-state index in [9.17, 15) is 14.0 Å². The molecule has 1 aromatic heterocycles. The maximum atomic E-state index is 13.3. The zero-order valence-electron chi connectivity index (χ0n) is 13.0. The molecule has 8 heteroatoms. The van der Waals surface area contributed by atoms with E-state index in [1.807, 2.05) is 0 Å². The zero-order valence-corrected chi connectivity index (χ0v) is 13.0. The van der Waals surface area contributed by atoms with Gasteiger partial charge in [0.1, 0.15) is 11.4 Å². The van der Waals surface area contributed by atoms with E-state index < -0.39 is 11.5 Å². The highest BCUT2D eigenvalue weighted by Crippen LogP contribution is 2.35. The molecule has 2 aromatic rings. The molecular formula is C16H16FN3O4. The second-order valence-electron chi connectivity index (χ2n) is 5.91. The predicted molar refractivity (Wildman–Crippen MR) is 80.5 cm³/mol. The molecule has 7 nitrogen and oxygen atoms in total. The summed E-state index contributed by atoms with van der Waals surface area (Å²) < 4.78 is 18.4. The number of amides is 1. The lowest BCUT2D eigenvalue weighted by Gasteiger charge is -2.11. The van der Waals surface area contributed by atoms with Gasteiger partial charge in [0.2, 0.25) is 17.6 Å². The Kier molecular flexibility index (Phi) is 4.04. The number of hydrogen-bond acceptors (Lipinski definition) is 5. The van der Waals surface area contributed by atoms with Crippen molar-refractivity contribution in [1.82, 2.24) is 15.5 Å². The number of carbonyl (C=O) groups excluding carboxylic acids is 1. The quantitative estimate of drug-likeness (QED) is 0.836. The summed E-state index contributed by atoms with van der Waals surface area (Å²) in [6, 6.07) is 4.49. The molecule has 1 fully saturated rings. The third kappa shape index (κ3) is 3.27. The lowest BCUT2D eigenvalue weighted by Crippen LogP contribution is -2.43. The Hall–Kier alpha value is -2.77. The molecule has 0 atom stereocenters. The Morgan fingerprint density at radius 2 is 2.17 bits per heavy atom. The highest BCUT2D eigenvalue weighted by molar-refractivity contribution is 5.89. The molecule has 1 amide bonds. The van der Waals surface area contributed by atoms with Crippen LogP contribution in [0.2, 0.25) is 0 Å². The number of nitrogens with one attached hydrogen (secondary N) is 1. The summed E-state index contributed by atoms with van der Waals surface area (Å²) in [7, 11) is 0. The van der Waals surface area contributed by atoms with E-state index in [1.54, 1.807) is 19.1 Å². The Balaban J connectivity index is 1.59. The van der Waals surface area contributed by atoms with Crippen molar-refractivity contribution >= 4 is 11.9 Å². The van der Waals surface area contributed by atoms with Gasteiger partial charge in [-0.05, 0) is 43.5 Å². The minimum atomic E-state index is -1.09. The maximum absolute atomic E-state index is 13.3. The van der Waals surface area contributed by atoms with Crippen LogP contribution in [0, 0.1) is 12.7 Å². The monoisotopic (exact) mass is 333 g/mol. The first kappa shape index (κ1) is 16.1. The van der Waals surface area contributed by atoms with Gasteiger partial charge < -0.3 is 14.9 Å². The number of carboxylic acid groups (broad SMARTS) is 1. The highest BCUT2D eigenvalue weighted by atomic mass is 19.1. The first-order valence-electron chi connectivity index (χ1n) is 7.53. The Morgan fingerprint density at radius 3 is 2.79 bits per heavy atom. The van der Waals surface area contributed by atoms with E-state index in [0.717, 1.165) is 0 Å². The first-order chi connectivity index (χ1) is 11.4. The summed E-state index contributed by atoms with van der Waals surface area (Å²) in [6.45, 7) is 1.64. The second-order valence-corrected chi connectivity index (χ2v) is 5.91. The van der Waals surface area contributed by atoms with Crippen LogP contribution in [0.15, 0.2) is 22.7 Å². The summed E-state index contributed by atoms with van der Waals surface area (Å²) >= 11 is 0. The summed E-state index contributed by atoms with van der Waals surface area (Å²) in [5, 5.41) is 15.4. The normalized spacial score (nSPS) is 15.1. The number of benzene rings is 1. The molecule has 0 unspecified atom stereocenters. The molecule has 1 aliphatic rings. The van der Waals surface area contributed by atoms with Gasteiger partial charge in [-0.15, -0.1) is 0 Å². The van der Waals surface area contributed by atoms with E-state index in [-0.39, 0.29) is 30.5 Å². The van der Waals surface area contributed by atoms with Crippen LogP contribution < -0.4 is 5.32 Å². The Morgan fingerprint density at radius 1 is 1.42 bits per heavy atom. The molecule has 0 saturated heterocycles. The van der Waals surface area contributed by atoms with Crippen LogP contribution in [0.1, 0.15) is 30.7 Å². The number of aliphatic carboxylic acids is 1. The fourth-order valence-corrected chi connectivity index (χ4v) is 2.32. The van der Waals surface area contributed by atoms with E-state index in [2.05, 4.69) is 15.5 Å². The third-order valence-electron chi connectivity index (χ3n) is 3.99. The molecule has 2 N–H and O–H groups in total. The van der Waals surface area contributed by atoms with Crippen molar-refractivity contribution < 1.29 is 23.6 Å². The fourth-order valence-electron chi connectivity index (χ4n) is 2.32. The van der Waals surface area contributed by atoms with Crippen LogP contribution in [-0.2, 0) is 16.0 Å². The van der Waals surface area contributed by atoms with Crippen LogP contribution in [0.3, 0.4) is 0 Å². The lowest BCUT2D eigenvalue weighted by atomic mass is 10.1. The standard InChI is InChI=1S/C16H16FN3O4/c1-9-8-10(2-3-11(9)17)14-18-13(24-20-14)5-4-12(21)19-16(6-7-16)15(22)23/h2-3,8H,4-7H2,1H3,(H,19,21)(H,22,23). The van der Waals surface area contributed by atoms with Crippen molar-refractivity contribution in [1.29, 1.82) is 0 Å². The van der Waals surface area contributed by atoms with Gasteiger partial charge in [-0.2, -0.15) is 4.98 Å². The van der Waals surface area contributed by atoms with Gasteiger partial charge in [0.15, 0.2) is 0 Å². The van der Waals surface area contributed by atoms with Gasteiger partial charge in [0.05, 0.1) is 0 Å². The smallest absolute Gasteiger partial charge is 0.329 e. The average molecular weight is 333 g/mol. The van der Waals surface area contributed by atoms with Crippen molar-refractivity contribution in [2.24, 2.45) is 0 Å². The van der Waals surface area contributed by atoms with Crippen molar-refractivity contribution in [2.45, 2.75) is 38.1 Å². The summed E-state index contributed by atoms with van der Waals surface area (Å²) in [4.78, 5) is 27.0. The maximum Gasteiger partial charge on any atom is 0.329 e. The number of halogens is 1. The molecule has 24 heavy (non-hydrogen) atoms. The van der Waals surface area contributed by atoms with Crippen LogP contribution in [-0.4, -0.2) is 32.7 Å². The highest BCUT2D eigenvalue weighted by Gasteiger charge is 2.51. The zero-order chi connectivity index (χ0) is 17.3. The van der Waals surface area contributed by atoms with E-state index in [4.69, 9.17) is 9.63 Å². The minimum Gasteiger partial charge on any atom is -0.480 e. The van der Waals surface area contributed by atoms with Crippen molar-refractivity contribution in [3.05, 3.63) is 35.5 Å². The second kappa shape index (κ2) is 6.03. The van der Waals surface area contributed by atoms with Gasteiger partial charge in [-0.25, -0.2) is 9.18 Å². The van der Waals surface area contributed by atoms with Crippen molar-refractivity contribution in [2.75, 3.05) is 0 Å². The number of aryl methyl sites for hydroxylation is 2. The van der Waals surface area contributed by atoms with E-state index in [0.29, 0.717) is 29.8 Å². The number of nitrogens with zero attached hydrogens (tertiary/aromatic N) is 2. The molecular weight excluding hydrogens is 317 g/mol. The molecule has 0 aliphatic heterocycles. The minimum absolute atomic E-state index is 0.0547. The molecule has 126 valence electrons. The molecule has 3 rings (SSSR count). The molecule has 1 heterocycles. The van der Waals surface area contributed by atoms with Crippen LogP contribution in [0.25, 0.3) is 11.4 Å². The molecule has 0 radical (unpaired) electrons. The number of aromatic nitrogens is 2. The molecule has 1 saturated carbocycles. The third-order valence-corrected chi connectivity index (χ3v) is 3.99. The number of hydrogen-bond donors (Lipinski definition) is 2.